The van der Waals surface area contributed by atoms with Crippen LogP contribution in [-0.4, -0.2) is 59.0 Å². The van der Waals surface area contributed by atoms with E-state index in [4.69, 9.17) is 9.84 Å². The molecule has 0 aliphatic rings. The number of carboxylic acid groups (broad SMARTS) is 1. The van der Waals surface area contributed by atoms with Crippen LogP contribution in [0.1, 0.15) is 23.1 Å². The van der Waals surface area contributed by atoms with Crippen molar-refractivity contribution in [1.29, 1.82) is 0 Å². The van der Waals surface area contributed by atoms with Crippen molar-refractivity contribution < 1.29 is 29.0 Å². The van der Waals surface area contributed by atoms with Gasteiger partial charge in [-0.25, -0.2) is 4.79 Å². The number of nitrogens with one attached hydrogen (secondary N) is 3. The Labute approximate surface area is 226 Å². The number of anilines is 2. The summed E-state index contributed by atoms with van der Waals surface area (Å²) < 4.78 is 5.39. The lowest BCUT2D eigenvalue weighted by Crippen LogP contribution is -2.41. The number of carbonyl (C=O) groups is 4. The molecule has 0 bridgehead atoms. The molecule has 11 nitrogen and oxygen atoms in total. The molecule has 0 saturated heterocycles. The first kappa shape index (κ1) is 28.6. The van der Waals surface area contributed by atoms with Gasteiger partial charge in [0.2, 0.25) is 11.8 Å². The molecule has 4 N–H and O–H groups in total. The predicted octanol–water partition coefficient (Wildman–Crippen LogP) is 3.20. The number of amides is 4. The number of pyridine rings is 1. The maximum absolute atomic E-state index is 12.7. The molecular weight excluding hydrogens is 502 g/mol. The van der Waals surface area contributed by atoms with Gasteiger partial charge < -0.3 is 30.7 Å². The van der Waals surface area contributed by atoms with E-state index in [9.17, 15) is 19.2 Å². The van der Waals surface area contributed by atoms with Crippen LogP contribution >= 0.6 is 0 Å². The molecule has 3 aromatic rings. The molecule has 0 saturated carbocycles. The Balaban J connectivity index is 1.56. The van der Waals surface area contributed by atoms with Crippen molar-refractivity contribution in [1.82, 2.24) is 15.2 Å². The number of aryl methyl sites for hydroxylation is 1. The van der Waals surface area contributed by atoms with Crippen molar-refractivity contribution in [2.75, 3.05) is 30.8 Å². The molecule has 0 fully saturated rings. The topological polar surface area (TPSA) is 150 Å². The molecular formula is C28H31N5O6. The summed E-state index contributed by atoms with van der Waals surface area (Å²) in [5.74, 6) is -1.47. The van der Waals surface area contributed by atoms with Gasteiger partial charge in [0.25, 0.3) is 0 Å². The van der Waals surface area contributed by atoms with Gasteiger partial charge in [-0.3, -0.25) is 19.4 Å². The highest BCUT2D eigenvalue weighted by Crippen LogP contribution is 2.26. The van der Waals surface area contributed by atoms with Crippen molar-refractivity contribution in [3.8, 4) is 5.75 Å². The van der Waals surface area contributed by atoms with Gasteiger partial charge in [-0.05, 0) is 47.9 Å². The normalized spacial score (nSPS) is 10.3. The number of benzene rings is 2. The Kier molecular flexibility index (Phi) is 10.4. The number of rotatable bonds is 12. The Morgan fingerprint density at radius 2 is 1.74 bits per heavy atom. The number of carbonyl (C=O) groups excluding carboxylic acids is 3. The first-order valence-corrected chi connectivity index (χ1v) is 12.2. The molecule has 0 aliphatic carbocycles. The van der Waals surface area contributed by atoms with Crippen molar-refractivity contribution in [3.63, 3.8) is 0 Å². The van der Waals surface area contributed by atoms with Crippen LogP contribution in [0, 0.1) is 6.92 Å². The summed E-state index contributed by atoms with van der Waals surface area (Å²) >= 11 is 0. The van der Waals surface area contributed by atoms with Crippen LogP contribution in [0.2, 0.25) is 0 Å². The van der Waals surface area contributed by atoms with Crippen LogP contribution in [0.5, 0.6) is 5.75 Å². The molecule has 0 radical (unpaired) electrons. The van der Waals surface area contributed by atoms with Gasteiger partial charge >= 0.3 is 12.0 Å². The van der Waals surface area contributed by atoms with E-state index in [2.05, 4.69) is 20.9 Å². The lowest BCUT2D eigenvalue weighted by Gasteiger charge is -2.22. The lowest BCUT2D eigenvalue weighted by molar-refractivity contribution is -0.139. The lowest BCUT2D eigenvalue weighted by atomic mass is 10.1. The molecule has 39 heavy (non-hydrogen) atoms. The van der Waals surface area contributed by atoms with Gasteiger partial charge in [-0.15, -0.1) is 0 Å². The third-order valence-electron chi connectivity index (χ3n) is 5.75. The summed E-state index contributed by atoms with van der Waals surface area (Å²) in [6, 6.07) is 15.4. The smallest absolute Gasteiger partial charge is 0.323 e. The molecule has 0 spiro atoms. The molecule has 11 heteroatoms. The fraction of sp³-hybridized carbons (Fsp3) is 0.250. The van der Waals surface area contributed by atoms with E-state index in [0.717, 1.165) is 11.1 Å². The molecule has 0 unspecified atom stereocenters. The average molecular weight is 534 g/mol. The average Bonchev–Trinajstić information content (AvgIpc) is 2.92. The van der Waals surface area contributed by atoms with Gasteiger partial charge in [0.1, 0.15) is 5.75 Å². The quantitative estimate of drug-likeness (QED) is 0.279. The van der Waals surface area contributed by atoms with Crippen LogP contribution in [0.3, 0.4) is 0 Å². The minimum absolute atomic E-state index is 0.00199. The number of carboxylic acids is 1. The SMILES string of the molecule is COc1cc(CC(=O)NCC(=O)N(CCC(=O)O)Cc2cccnc2)ccc1NC(=O)Nc1ccccc1C. The first-order valence-electron chi connectivity index (χ1n) is 12.2. The fourth-order valence-corrected chi connectivity index (χ4v) is 3.71. The van der Waals surface area contributed by atoms with E-state index in [1.54, 1.807) is 48.8 Å². The number of hydrogen-bond donors (Lipinski definition) is 4. The van der Waals surface area contributed by atoms with Gasteiger partial charge in [-0.2, -0.15) is 0 Å². The van der Waals surface area contributed by atoms with Crippen LogP contribution in [0.4, 0.5) is 16.2 Å². The summed E-state index contributed by atoms with van der Waals surface area (Å²) in [6.45, 7) is 1.79. The maximum Gasteiger partial charge on any atom is 0.323 e. The second-order valence-electron chi connectivity index (χ2n) is 8.70. The number of urea groups is 1. The van der Waals surface area contributed by atoms with Gasteiger partial charge in [0.15, 0.2) is 0 Å². The Morgan fingerprint density at radius 3 is 2.44 bits per heavy atom. The number of nitrogens with zero attached hydrogens (tertiary/aromatic N) is 2. The van der Waals surface area contributed by atoms with E-state index in [0.29, 0.717) is 22.7 Å². The number of ether oxygens (including phenoxy) is 1. The maximum atomic E-state index is 12.7. The number of para-hydroxylation sites is 1. The number of aliphatic carboxylic acids is 1. The van der Waals surface area contributed by atoms with Crippen LogP contribution in [0.25, 0.3) is 0 Å². The summed E-state index contributed by atoms with van der Waals surface area (Å²) in [7, 11) is 1.45. The van der Waals surface area contributed by atoms with Gasteiger partial charge in [-0.1, -0.05) is 30.3 Å². The number of methoxy groups -OCH3 is 1. The fourth-order valence-electron chi connectivity index (χ4n) is 3.71. The second kappa shape index (κ2) is 14.1. The first-order chi connectivity index (χ1) is 18.7. The predicted molar refractivity (Wildman–Crippen MR) is 145 cm³/mol. The highest BCUT2D eigenvalue weighted by atomic mass is 16.5. The summed E-state index contributed by atoms with van der Waals surface area (Å²) in [4.78, 5) is 54.2. The Bertz CT molecular complexity index is 1310. The van der Waals surface area contributed by atoms with E-state index < -0.39 is 23.8 Å². The summed E-state index contributed by atoms with van der Waals surface area (Å²) in [5.41, 5.74) is 3.38. The molecule has 4 amide bonds. The highest BCUT2D eigenvalue weighted by Gasteiger charge is 2.17. The van der Waals surface area contributed by atoms with Crippen molar-refractivity contribution in [2.45, 2.75) is 26.3 Å². The number of aromatic nitrogens is 1. The van der Waals surface area contributed by atoms with Crippen molar-refractivity contribution in [3.05, 3.63) is 83.7 Å². The summed E-state index contributed by atoms with van der Waals surface area (Å²) in [6.07, 6.45) is 2.95. The molecule has 0 aliphatic heterocycles. The van der Waals surface area contributed by atoms with Crippen LogP contribution in [0.15, 0.2) is 67.0 Å². The standard InChI is InChI=1S/C28H31N5O6/c1-19-6-3-4-8-22(19)31-28(38)32-23-10-9-20(14-24(23)39-2)15-25(34)30-17-26(35)33(13-11-27(36)37)18-21-7-5-12-29-16-21/h3-10,12,14,16H,11,13,15,17-18H2,1-2H3,(H,30,34)(H,36,37)(H2,31,32,38). The zero-order valence-corrected chi connectivity index (χ0v) is 21.8. The van der Waals surface area contributed by atoms with Crippen LogP contribution < -0.4 is 20.7 Å². The summed E-state index contributed by atoms with van der Waals surface area (Å²) in [5, 5.41) is 17.1. The van der Waals surface area contributed by atoms with Crippen molar-refractivity contribution in [2.24, 2.45) is 0 Å². The second-order valence-corrected chi connectivity index (χ2v) is 8.70. The minimum Gasteiger partial charge on any atom is -0.495 e. The van der Waals surface area contributed by atoms with Crippen LogP contribution in [-0.2, 0) is 27.3 Å². The Hall–Kier alpha value is -4.93. The van der Waals surface area contributed by atoms with E-state index in [-0.39, 0.29) is 32.5 Å². The van der Waals surface area contributed by atoms with E-state index >= 15 is 0 Å². The largest absolute Gasteiger partial charge is 0.495 e. The van der Waals surface area contributed by atoms with Gasteiger partial charge in [0, 0.05) is 31.2 Å². The molecule has 1 aromatic heterocycles. The van der Waals surface area contributed by atoms with Crippen molar-refractivity contribution >= 4 is 35.2 Å². The molecule has 204 valence electrons. The molecule has 1 heterocycles. The number of hydrogen-bond acceptors (Lipinski definition) is 6. The minimum atomic E-state index is -1.03. The monoisotopic (exact) mass is 533 g/mol. The highest BCUT2D eigenvalue weighted by molar-refractivity contribution is 6.01. The Morgan fingerprint density at radius 1 is 0.974 bits per heavy atom. The third-order valence-corrected chi connectivity index (χ3v) is 5.75. The van der Waals surface area contributed by atoms with Gasteiger partial charge in [0.05, 0.1) is 32.2 Å². The molecule has 2 aromatic carbocycles. The molecule has 3 rings (SSSR count). The third kappa shape index (κ3) is 9.15. The zero-order chi connectivity index (χ0) is 28.2. The van der Waals surface area contributed by atoms with E-state index in [1.165, 1.54) is 12.0 Å². The zero-order valence-electron chi connectivity index (χ0n) is 21.8. The molecule has 0 atom stereocenters. The van der Waals surface area contributed by atoms with E-state index in [1.807, 2.05) is 25.1 Å².